The van der Waals surface area contributed by atoms with Crippen LogP contribution in [0.1, 0.15) is 39.2 Å². The van der Waals surface area contributed by atoms with Crippen LogP contribution in [0.15, 0.2) is 29.2 Å². The van der Waals surface area contributed by atoms with Crippen LogP contribution in [-0.2, 0) is 19.5 Å². The first-order valence-electron chi connectivity index (χ1n) is 9.37. The van der Waals surface area contributed by atoms with Gasteiger partial charge in [0.25, 0.3) is 0 Å². The lowest BCUT2D eigenvalue weighted by Crippen LogP contribution is -2.57. The number of hydrogen-bond donors (Lipinski definition) is 1. The number of likely N-dealkylation sites (tertiary alicyclic amines) is 1. The maximum absolute atomic E-state index is 13.2. The molecule has 1 aromatic rings. The zero-order chi connectivity index (χ0) is 19.9. The van der Waals surface area contributed by atoms with Crippen LogP contribution in [0.2, 0.25) is 0 Å². The predicted octanol–water partition coefficient (Wildman–Crippen LogP) is 1.90. The number of nitrogens with zero attached hydrogens (tertiary/aromatic N) is 2. The molecule has 2 saturated heterocycles. The van der Waals surface area contributed by atoms with Crippen LogP contribution in [-0.4, -0.2) is 66.7 Å². The zero-order valence-electron chi connectivity index (χ0n) is 16.5. The van der Waals surface area contributed by atoms with Gasteiger partial charge >= 0.3 is 0 Å². The van der Waals surface area contributed by atoms with Gasteiger partial charge in [-0.05, 0) is 39.8 Å². The molecule has 2 aliphatic heterocycles. The Morgan fingerprint density at radius 2 is 1.74 bits per heavy atom. The SMILES string of the molecule is Cc1ccc(S(=O)(=O)N2CCOC23CCN(C(O)OC(C)(C)C)CC3)cc1. The fourth-order valence-corrected chi connectivity index (χ4v) is 5.37. The van der Waals surface area contributed by atoms with Gasteiger partial charge in [0.2, 0.25) is 16.4 Å². The van der Waals surface area contributed by atoms with Crippen molar-refractivity contribution in [3.8, 4) is 0 Å². The van der Waals surface area contributed by atoms with Crippen molar-refractivity contribution < 1.29 is 23.0 Å². The molecule has 1 N–H and O–H groups in total. The highest BCUT2D eigenvalue weighted by Crippen LogP contribution is 2.38. The summed E-state index contributed by atoms with van der Waals surface area (Å²) in [4.78, 5) is 2.10. The number of rotatable bonds is 4. The molecule has 1 unspecified atom stereocenters. The Labute approximate surface area is 161 Å². The van der Waals surface area contributed by atoms with E-state index in [1.807, 2.05) is 32.6 Å². The monoisotopic (exact) mass is 398 g/mol. The van der Waals surface area contributed by atoms with E-state index < -0.39 is 27.8 Å². The van der Waals surface area contributed by atoms with Crippen LogP contribution in [0.3, 0.4) is 0 Å². The molecule has 27 heavy (non-hydrogen) atoms. The highest BCUT2D eigenvalue weighted by molar-refractivity contribution is 7.89. The molecule has 0 radical (unpaired) electrons. The Bertz CT molecular complexity index is 749. The number of aryl methyl sites for hydroxylation is 1. The molecule has 2 aliphatic rings. The standard InChI is InChI=1S/C19H30N2O5S/c1-15-5-7-16(8-6-15)27(23,24)21-13-14-25-19(21)9-11-20(12-10-19)17(22)26-18(2,3)4/h5-8,17,22H,9-14H2,1-4H3. The second-order valence-corrected chi connectivity index (χ2v) is 10.1. The van der Waals surface area contributed by atoms with Crippen molar-refractivity contribution in [1.29, 1.82) is 0 Å². The van der Waals surface area contributed by atoms with Crippen molar-refractivity contribution >= 4 is 10.0 Å². The third-order valence-corrected chi connectivity index (χ3v) is 7.04. The topological polar surface area (TPSA) is 79.3 Å². The largest absolute Gasteiger partial charge is 0.358 e. The van der Waals surface area contributed by atoms with E-state index >= 15 is 0 Å². The van der Waals surface area contributed by atoms with Gasteiger partial charge in [0, 0.05) is 32.5 Å². The lowest BCUT2D eigenvalue weighted by Gasteiger charge is -2.44. The average molecular weight is 399 g/mol. The number of aliphatic hydroxyl groups is 1. The molecule has 0 aliphatic carbocycles. The van der Waals surface area contributed by atoms with E-state index in [0.717, 1.165) is 5.56 Å². The molecule has 0 aromatic heterocycles. The van der Waals surface area contributed by atoms with Crippen LogP contribution >= 0.6 is 0 Å². The van der Waals surface area contributed by atoms with E-state index in [0.29, 0.717) is 39.1 Å². The van der Waals surface area contributed by atoms with Gasteiger partial charge in [0.05, 0.1) is 17.1 Å². The van der Waals surface area contributed by atoms with Gasteiger partial charge in [-0.25, -0.2) is 8.42 Å². The highest BCUT2D eigenvalue weighted by atomic mass is 32.2. The van der Waals surface area contributed by atoms with Gasteiger partial charge in [-0.15, -0.1) is 0 Å². The lowest BCUT2D eigenvalue weighted by molar-refractivity contribution is -0.252. The van der Waals surface area contributed by atoms with Crippen LogP contribution in [0.4, 0.5) is 0 Å². The number of ether oxygens (including phenoxy) is 2. The summed E-state index contributed by atoms with van der Waals surface area (Å²) < 4.78 is 39.4. The van der Waals surface area contributed by atoms with E-state index in [2.05, 4.69) is 0 Å². The second kappa shape index (κ2) is 7.42. The molecular weight excluding hydrogens is 368 g/mol. The van der Waals surface area contributed by atoms with Gasteiger partial charge < -0.3 is 14.6 Å². The summed E-state index contributed by atoms with van der Waals surface area (Å²) in [6, 6.07) is 6.90. The minimum absolute atomic E-state index is 0.288. The lowest BCUT2D eigenvalue weighted by atomic mass is 10.0. The summed E-state index contributed by atoms with van der Waals surface area (Å²) in [6.45, 7) is 9.31. The van der Waals surface area contributed by atoms with Gasteiger partial charge in [0.15, 0.2) is 0 Å². The van der Waals surface area contributed by atoms with Crippen molar-refractivity contribution in [2.75, 3.05) is 26.2 Å². The molecule has 1 aromatic carbocycles. The van der Waals surface area contributed by atoms with Crippen molar-refractivity contribution in [2.24, 2.45) is 0 Å². The van der Waals surface area contributed by atoms with E-state index in [1.54, 1.807) is 24.3 Å². The molecule has 3 rings (SSSR count). The van der Waals surface area contributed by atoms with Gasteiger partial charge in [-0.3, -0.25) is 4.90 Å². The Balaban J connectivity index is 1.74. The number of piperidine rings is 1. The molecule has 1 atom stereocenters. The molecule has 0 bridgehead atoms. The normalized spacial score (nSPS) is 23.0. The molecular formula is C19H30N2O5S. The summed E-state index contributed by atoms with van der Waals surface area (Å²) in [5.74, 6) is 0. The van der Waals surface area contributed by atoms with E-state index in [9.17, 15) is 13.5 Å². The summed E-state index contributed by atoms with van der Waals surface area (Å²) in [5.41, 5.74) is -0.288. The Hall–Kier alpha value is -1.03. The first-order chi connectivity index (χ1) is 12.5. The number of hydrogen-bond acceptors (Lipinski definition) is 6. The van der Waals surface area contributed by atoms with Crippen LogP contribution in [0.5, 0.6) is 0 Å². The smallest absolute Gasteiger partial charge is 0.245 e. The summed E-state index contributed by atoms with van der Waals surface area (Å²) >= 11 is 0. The minimum atomic E-state index is -3.63. The maximum Gasteiger partial charge on any atom is 0.245 e. The Morgan fingerprint density at radius 3 is 2.30 bits per heavy atom. The van der Waals surface area contributed by atoms with Gasteiger partial charge in [-0.1, -0.05) is 17.7 Å². The average Bonchev–Trinajstić information content (AvgIpc) is 2.98. The molecule has 2 fully saturated rings. The third-order valence-electron chi connectivity index (χ3n) is 5.08. The third kappa shape index (κ3) is 4.36. The second-order valence-electron chi connectivity index (χ2n) is 8.28. The Kier molecular flexibility index (Phi) is 5.69. The maximum atomic E-state index is 13.2. The molecule has 8 heteroatoms. The van der Waals surface area contributed by atoms with Crippen molar-refractivity contribution in [3.63, 3.8) is 0 Å². The van der Waals surface area contributed by atoms with E-state index in [4.69, 9.17) is 9.47 Å². The number of sulfonamides is 1. The molecule has 0 amide bonds. The van der Waals surface area contributed by atoms with Crippen molar-refractivity contribution in [3.05, 3.63) is 29.8 Å². The molecule has 1 spiro atoms. The predicted molar refractivity (Wildman–Crippen MR) is 101 cm³/mol. The summed E-state index contributed by atoms with van der Waals surface area (Å²) in [7, 11) is -3.63. The van der Waals surface area contributed by atoms with Crippen LogP contribution in [0.25, 0.3) is 0 Å². The van der Waals surface area contributed by atoms with Gasteiger partial charge in [0.1, 0.15) is 5.72 Å². The highest BCUT2D eigenvalue weighted by Gasteiger charge is 2.51. The molecule has 152 valence electrons. The molecule has 0 saturated carbocycles. The van der Waals surface area contributed by atoms with E-state index in [1.165, 1.54) is 4.31 Å². The quantitative estimate of drug-likeness (QED) is 0.781. The first-order valence-corrected chi connectivity index (χ1v) is 10.8. The molecule has 7 nitrogen and oxygen atoms in total. The number of aliphatic hydroxyl groups excluding tert-OH is 1. The van der Waals surface area contributed by atoms with Crippen molar-refractivity contribution in [2.45, 2.75) is 63.2 Å². The van der Waals surface area contributed by atoms with E-state index in [-0.39, 0.29) is 4.90 Å². The van der Waals surface area contributed by atoms with Crippen molar-refractivity contribution in [1.82, 2.24) is 9.21 Å². The summed E-state index contributed by atoms with van der Waals surface area (Å²) in [6.07, 6.45) is -0.0309. The van der Waals surface area contributed by atoms with Crippen LogP contribution in [0, 0.1) is 6.92 Å². The van der Waals surface area contributed by atoms with Crippen LogP contribution < -0.4 is 0 Å². The first kappa shape index (κ1) is 20.7. The zero-order valence-corrected chi connectivity index (χ0v) is 17.3. The molecule has 2 heterocycles. The van der Waals surface area contributed by atoms with Gasteiger partial charge in [-0.2, -0.15) is 4.31 Å². The number of benzene rings is 1. The fourth-order valence-electron chi connectivity index (χ4n) is 3.65. The minimum Gasteiger partial charge on any atom is -0.358 e. The fraction of sp³-hybridized carbons (Fsp3) is 0.684. The summed E-state index contributed by atoms with van der Waals surface area (Å²) in [5, 5.41) is 10.3. The Morgan fingerprint density at radius 1 is 1.15 bits per heavy atom.